The lowest BCUT2D eigenvalue weighted by Crippen LogP contribution is -2.33. The number of rotatable bonds is 8. The van der Waals surface area contributed by atoms with Gasteiger partial charge in [-0.1, -0.05) is 54.6 Å². The predicted molar refractivity (Wildman–Crippen MR) is 124 cm³/mol. The van der Waals surface area contributed by atoms with Gasteiger partial charge >= 0.3 is 0 Å². The van der Waals surface area contributed by atoms with E-state index in [1.54, 1.807) is 47.1 Å². The van der Waals surface area contributed by atoms with Crippen molar-refractivity contribution in [3.63, 3.8) is 0 Å². The maximum absolute atomic E-state index is 13.4. The Morgan fingerprint density at radius 1 is 0.903 bits per heavy atom. The third-order valence-electron chi connectivity index (χ3n) is 4.67. The molecule has 0 unspecified atom stereocenters. The van der Waals surface area contributed by atoms with Crippen LogP contribution in [0.15, 0.2) is 95.9 Å². The van der Waals surface area contributed by atoms with Crippen molar-refractivity contribution in [3.8, 4) is 0 Å². The predicted octanol–water partition coefficient (Wildman–Crippen LogP) is 4.25. The third-order valence-corrected chi connectivity index (χ3v) is 6.79. The van der Waals surface area contributed by atoms with Gasteiger partial charge in [0.15, 0.2) is 5.82 Å². The van der Waals surface area contributed by atoms with Crippen molar-refractivity contribution in [2.75, 3.05) is 16.3 Å². The van der Waals surface area contributed by atoms with Gasteiger partial charge in [0.05, 0.1) is 16.3 Å². The highest BCUT2D eigenvalue weighted by Crippen LogP contribution is 2.23. The van der Waals surface area contributed by atoms with Crippen LogP contribution in [0.2, 0.25) is 0 Å². The lowest BCUT2D eigenvalue weighted by atomic mass is 10.3. The Morgan fingerprint density at radius 2 is 1.48 bits per heavy atom. The molecule has 0 bridgehead atoms. The molecule has 0 radical (unpaired) electrons. The van der Waals surface area contributed by atoms with Crippen molar-refractivity contribution >= 4 is 33.6 Å². The summed E-state index contributed by atoms with van der Waals surface area (Å²) in [5.74, 6) is 0.595. The minimum absolute atomic E-state index is 0.192. The van der Waals surface area contributed by atoms with Crippen molar-refractivity contribution in [3.05, 3.63) is 102 Å². The quantitative estimate of drug-likeness (QED) is 0.391. The molecule has 3 aromatic carbocycles. The summed E-state index contributed by atoms with van der Waals surface area (Å²) in [6.45, 7) is 0.192. The first-order chi connectivity index (χ1) is 15.1. The van der Waals surface area contributed by atoms with Crippen molar-refractivity contribution in [2.24, 2.45) is 0 Å². The largest absolute Gasteiger partial charge is 0.291 e. The number of nitrogens with one attached hydrogen (secondary N) is 2. The van der Waals surface area contributed by atoms with Crippen LogP contribution in [0.1, 0.15) is 5.82 Å². The van der Waals surface area contributed by atoms with Crippen molar-refractivity contribution in [1.29, 1.82) is 0 Å². The van der Waals surface area contributed by atoms with E-state index in [9.17, 15) is 8.42 Å². The van der Waals surface area contributed by atoms with Gasteiger partial charge in [0.1, 0.15) is 0 Å². The summed E-state index contributed by atoms with van der Waals surface area (Å²) in [5.41, 5.74) is 4.64. The molecule has 31 heavy (non-hydrogen) atoms. The smallest absolute Gasteiger partial charge is 0.264 e. The van der Waals surface area contributed by atoms with Crippen molar-refractivity contribution in [2.45, 2.75) is 11.3 Å². The molecule has 0 spiro atoms. The Labute approximate surface area is 186 Å². The first-order valence-electron chi connectivity index (χ1n) is 9.67. The highest BCUT2D eigenvalue weighted by molar-refractivity contribution is 7.92. The van der Waals surface area contributed by atoms with Crippen LogP contribution < -0.4 is 9.73 Å². The summed E-state index contributed by atoms with van der Waals surface area (Å²) in [6.07, 6.45) is 0.341. The fraction of sp³-hybridized carbons (Fsp3) is 0.0909. The Bertz CT molecular complexity index is 1290. The van der Waals surface area contributed by atoms with E-state index in [0.717, 1.165) is 5.69 Å². The maximum Gasteiger partial charge on any atom is 0.264 e. The van der Waals surface area contributed by atoms with Gasteiger partial charge < -0.3 is 0 Å². The maximum atomic E-state index is 13.4. The molecule has 0 aliphatic heterocycles. The van der Waals surface area contributed by atoms with Crippen LogP contribution >= 0.6 is 12.2 Å². The van der Waals surface area contributed by atoms with Gasteiger partial charge in [-0.2, -0.15) is 5.10 Å². The second kappa shape index (κ2) is 9.15. The number of para-hydroxylation sites is 2. The molecule has 2 N–H and O–H groups in total. The van der Waals surface area contributed by atoms with Gasteiger partial charge in [-0.15, -0.1) is 0 Å². The average molecular weight is 452 g/mol. The van der Waals surface area contributed by atoms with E-state index >= 15 is 0 Å². The highest BCUT2D eigenvalue weighted by Gasteiger charge is 2.25. The molecule has 9 heteroatoms. The van der Waals surface area contributed by atoms with Crippen LogP contribution in [-0.4, -0.2) is 29.8 Å². The summed E-state index contributed by atoms with van der Waals surface area (Å²) in [6, 6.07) is 27.0. The molecule has 0 saturated carbocycles. The molecule has 0 fully saturated rings. The van der Waals surface area contributed by atoms with E-state index in [4.69, 9.17) is 12.2 Å². The minimum atomic E-state index is -3.75. The summed E-state index contributed by atoms with van der Waals surface area (Å²) in [5, 5.41) is 7.07. The monoisotopic (exact) mass is 451 g/mol. The zero-order valence-corrected chi connectivity index (χ0v) is 18.2. The molecule has 1 aromatic heterocycles. The average Bonchev–Trinajstić information content (AvgIpc) is 3.15. The van der Waals surface area contributed by atoms with Crippen molar-refractivity contribution < 1.29 is 8.42 Å². The van der Waals surface area contributed by atoms with Gasteiger partial charge in [0.2, 0.25) is 4.77 Å². The molecular formula is C22H21N5O2S2. The van der Waals surface area contributed by atoms with E-state index < -0.39 is 10.0 Å². The molecule has 4 rings (SSSR count). The Kier molecular flexibility index (Phi) is 6.15. The van der Waals surface area contributed by atoms with Crippen LogP contribution in [0.5, 0.6) is 0 Å². The fourth-order valence-corrected chi connectivity index (χ4v) is 4.84. The Balaban J connectivity index is 1.63. The van der Waals surface area contributed by atoms with Gasteiger partial charge in [0.25, 0.3) is 10.0 Å². The van der Waals surface area contributed by atoms with E-state index in [1.807, 2.05) is 48.5 Å². The lowest BCUT2D eigenvalue weighted by molar-refractivity contribution is 0.589. The third kappa shape index (κ3) is 4.68. The Morgan fingerprint density at radius 3 is 2.13 bits per heavy atom. The number of aromatic nitrogens is 3. The number of hydrogen-bond acceptors (Lipinski definition) is 5. The topological polar surface area (TPSA) is 83.0 Å². The Hall–Kier alpha value is -3.43. The van der Waals surface area contributed by atoms with Gasteiger partial charge in [-0.25, -0.2) is 13.1 Å². The molecule has 0 aliphatic rings. The second-order valence-corrected chi connectivity index (χ2v) is 8.98. The summed E-state index contributed by atoms with van der Waals surface area (Å²) < 4.78 is 30.2. The van der Waals surface area contributed by atoms with Gasteiger partial charge in [-0.05, 0) is 48.6 Å². The minimum Gasteiger partial charge on any atom is -0.291 e. The number of benzene rings is 3. The SMILES string of the molecule is O=S(=O)(c1ccccc1)N(CCc1n[nH]c(=S)n1Nc1ccccc1)c1ccccc1. The van der Waals surface area contributed by atoms with Crippen LogP contribution in [0.3, 0.4) is 0 Å². The number of aromatic amines is 1. The molecule has 4 aromatic rings. The summed E-state index contributed by atoms with van der Waals surface area (Å²) in [4.78, 5) is 0.236. The van der Waals surface area contributed by atoms with Crippen LogP contribution in [0.25, 0.3) is 0 Å². The molecule has 158 valence electrons. The highest BCUT2D eigenvalue weighted by atomic mass is 32.2. The first kappa shape index (κ1) is 20.8. The summed E-state index contributed by atoms with van der Waals surface area (Å²) >= 11 is 5.35. The van der Waals surface area contributed by atoms with Crippen LogP contribution in [0.4, 0.5) is 11.4 Å². The molecule has 7 nitrogen and oxygen atoms in total. The number of anilines is 2. The molecule has 1 heterocycles. The van der Waals surface area contributed by atoms with E-state index in [2.05, 4.69) is 15.6 Å². The molecule has 0 aliphatic carbocycles. The van der Waals surface area contributed by atoms with Gasteiger partial charge in [0, 0.05) is 13.0 Å². The number of nitrogens with zero attached hydrogens (tertiary/aromatic N) is 3. The van der Waals surface area contributed by atoms with E-state index in [1.165, 1.54) is 4.31 Å². The molecule has 0 atom stereocenters. The molecule has 0 amide bonds. The summed E-state index contributed by atoms with van der Waals surface area (Å²) in [7, 11) is -3.75. The van der Waals surface area contributed by atoms with E-state index in [-0.39, 0.29) is 11.4 Å². The van der Waals surface area contributed by atoms with Crippen LogP contribution in [-0.2, 0) is 16.4 Å². The standard InChI is InChI=1S/C22H21N5O2S2/c28-31(29,20-14-8-3-9-15-20)26(19-12-6-2-7-13-19)17-16-21-23-24-22(30)27(21)25-18-10-4-1-5-11-18/h1-15,25H,16-17H2,(H,24,30). The van der Waals surface area contributed by atoms with Crippen LogP contribution in [0, 0.1) is 4.77 Å². The first-order valence-corrected chi connectivity index (χ1v) is 11.5. The number of sulfonamides is 1. The van der Waals surface area contributed by atoms with Gasteiger partial charge in [-0.3, -0.25) is 14.8 Å². The normalized spacial score (nSPS) is 11.2. The number of hydrogen-bond donors (Lipinski definition) is 2. The van der Waals surface area contributed by atoms with Crippen molar-refractivity contribution in [1.82, 2.24) is 14.9 Å². The fourth-order valence-electron chi connectivity index (χ4n) is 3.16. The second-order valence-electron chi connectivity index (χ2n) is 6.73. The molecular weight excluding hydrogens is 430 g/mol. The zero-order valence-electron chi connectivity index (χ0n) is 16.5. The van der Waals surface area contributed by atoms with E-state index in [0.29, 0.717) is 22.7 Å². The zero-order chi connectivity index (χ0) is 21.7. The number of H-pyrrole nitrogens is 1. The molecule has 0 saturated heterocycles. The lowest BCUT2D eigenvalue weighted by Gasteiger charge is -2.24.